The number of amides is 1. The number of aromatic nitrogens is 2. The molecule has 0 spiro atoms. The Bertz CT molecular complexity index is 1100. The minimum absolute atomic E-state index is 0.188. The van der Waals surface area contributed by atoms with E-state index in [9.17, 15) is 19.2 Å². The number of ether oxygens (including phenoxy) is 1. The highest BCUT2D eigenvalue weighted by Crippen LogP contribution is 2.32. The van der Waals surface area contributed by atoms with Crippen LogP contribution in [0.2, 0.25) is 0 Å². The monoisotopic (exact) mass is 387 g/mol. The second-order valence-electron chi connectivity index (χ2n) is 6.66. The van der Waals surface area contributed by atoms with Crippen LogP contribution in [0.5, 0.6) is 5.75 Å². The van der Waals surface area contributed by atoms with Gasteiger partial charge in [-0.05, 0) is 32.0 Å². The molecule has 0 radical (unpaired) electrons. The van der Waals surface area contributed by atoms with Crippen LogP contribution in [0.1, 0.15) is 24.2 Å². The predicted octanol–water partition coefficient (Wildman–Crippen LogP) is 0.0689. The first-order valence-electron chi connectivity index (χ1n) is 8.59. The van der Waals surface area contributed by atoms with Crippen molar-refractivity contribution in [3.05, 3.63) is 44.6 Å². The molecule has 2 aromatic rings. The lowest BCUT2D eigenvalue weighted by molar-refractivity contribution is -0.122. The van der Waals surface area contributed by atoms with Crippen molar-refractivity contribution in [3.63, 3.8) is 0 Å². The van der Waals surface area contributed by atoms with Gasteiger partial charge in [-0.2, -0.15) is 0 Å². The van der Waals surface area contributed by atoms with Crippen LogP contribution in [0.15, 0.2) is 27.8 Å². The maximum absolute atomic E-state index is 12.8. The number of benzene rings is 1. The summed E-state index contributed by atoms with van der Waals surface area (Å²) >= 11 is 0. The van der Waals surface area contributed by atoms with Crippen molar-refractivity contribution in [2.24, 2.45) is 14.1 Å². The Balaban J connectivity index is 1.89. The molecule has 0 bridgehead atoms. The van der Waals surface area contributed by atoms with E-state index in [2.05, 4.69) is 10.6 Å². The molecule has 1 aliphatic rings. The smallest absolute Gasteiger partial charge is 0.332 e. The Morgan fingerprint density at radius 3 is 2.61 bits per heavy atom. The van der Waals surface area contributed by atoms with Gasteiger partial charge in [0.25, 0.3) is 11.5 Å². The maximum atomic E-state index is 12.8. The molecule has 0 fully saturated rings. The lowest BCUT2D eigenvalue weighted by atomic mass is 10.1. The third kappa shape index (κ3) is 3.13. The summed E-state index contributed by atoms with van der Waals surface area (Å²) < 4.78 is 7.38. The number of ketones is 1. The molecule has 1 amide bonds. The van der Waals surface area contributed by atoms with E-state index in [0.29, 0.717) is 17.1 Å². The number of nitrogens with one attached hydrogen (secondary N) is 2. The zero-order valence-corrected chi connectivity index (χ0v) is 15.9. The van der Waals surface area contributed by atoms with Crippen LogP contribution >= 0.6 is 0 Å². The summed E-state index contributed by atoms with van der Waals surface area (Å²) in [7, 11) is 2.67. The summed E-state index contributed by atoms with van der Waals surface area (Å²) in [5, 5.41) is 5.70. The second kappa shape index (κ2) is 6.87. The van der Waals surface area contributed by atoms with Gasteiger partial charge in [0.15, 0.2) is 11.9 Å². The highest BCUT2D eigenvalue weighted by atomic mass is 16.5. The third-order valence-corrected chi connectivity index (χ3v) is 4.64. The number of nitrogens with zero attached hydrogens (tertiary/aromatic N) is 2. The largest absolute Gasteiger partial charge is 0.479 e. The zero-order valence-electron chi connectivity index (χ0n) is 15.9. The zero-order chi connectivity index (χ0) is 20.7. The van der Waals surface area contributed by atoms with Gasteiger partial charge in [-0.25, -0.2) is 4.79 Å². The van der Waals surface area contributed by atoms with Gasteiger partial charge in [0, 0.05) is 19.8 Å². The fourth-order valence-electron chi connectivity index (χ4n) is 2.92. The SMILES string of the molecule is C[C@@H]1Oc2ccc(N[C@H](C)C(=O)c3c(N)n(C)c(=O)n(C)c3=O)cc2NC1=O. The van der Waals surface area contributed by atoms with Crippen LogP contribution in [0.4, 0.5) is 17.2 Å². The Kier molecular flexibility index (Phi) is 4.72. The molecule has 0 unspecified atom stereocenters. The van der Waals surface area contributed by atoms with Crippen molar-refractivity contribution in [1.82, 2.24) is 9.13 Å². The lowest BCUT2D eigenvalue weighted by Gasteiger charge is -2.24. The van der Waals surface area contributed by atoms with Crippen molar-refractivity contribution in [3.8, 4) is 5.75 Å². The molecule has 0 saturated heterocycles. The molecule has 148 valence electrons. The molecule has 2 atom stereocenters. The average molecular weight is 387 g/mol. The Morgan fingerprint density at radius 2 is 1.93 bits per heavy atom. The first-order chi connectivity index (χ1) is 13.1. The summed E-state index contributed by atoms with van der Waals surface area (Å²) in [6.45, 7) is 3.21. The van der Waals surface area contributed by atoms with Gasteiger partial charge in [0.2, 0.25) is 0 Å². The molecule has 0 saturated carbocycles. The molecule has 0 aliphatic carbocycles. The van der Waals surface area contributed by atoms with Gasteiger partial charge in [0.05, 0.1) is 11.7 Å². The summed E-state index contributed by atoms with van der Waals surface area (Å²) in [4.78, 5) is 48.9. The van der Waals surface area contributed by atoms with E-state index >= 15 is 0 Å². The molecular weight excluding hydrogens is 366 g/mol. The van der Waals surface area contributed by atoms with Gasteiger partial charge < -0.3 is 21.1 Å². The first kappa shape index (κ1) is 19.2. The molecule has 1 aliphatic heterocycles. The summed E-state index contributed by atoms with van der Waals surface area (Å²) in [5.41, 5.74) is 5.24. The topological polar surface area (TPSA) is 137 Å². The van der Waals surface area contributed by atoms with E-state index in [1.54, 1.807) is 32.0 Å². The Hall–Kier alpha value is -3.56. The van der Waals surface area contributed by atoms with Gasteiger partial charge >= 0.3 is 5.69 Å². The summed E-state index contributed by atoms with van der Waals surface area (Å²) in [6, 6.07) is 4.18. The number of carbonyl (C=O) groups is 2. The lowest BCUT2D eigenvalue weighted by Crippen LogP contribution is -2.43. The number of nitrogens with two attached hydrogens (primary N) is 1. The fourth-order valence-corrected chi connectivity index (χ4v) is 2.92. The number of nitrogen functional groups attached to an aromatic ring is 1. The number of carbonyl (C=O) groups excluding carboxylic acids is 2. The highest BCUT2D eigenvalue weighted by Gasteiger charge is 2.26. The van der Waals surface area contributed by atoms with Crippen molar-refractivity contribution in [2.75, 3.05) is 16.4 Å². The molecule has 1 aromatic heterocycles. The normalized spacial score (nSPS) is 16.6. The fraction of sp³-hybridized carbons (Fsp3) is 0.333. The molecule has 1 aromatic carbocycles. The van der Waals surface area contributed by atoms with Crippen molar-refractivity contribution >= 4 is 28.9 Å². The molecule has 2 heterocycles. The molecule has 10 heteroatoms. The van der Waals surface area contributed by atoms with E-state index in [-0.39, 0.29) is 17.3 Å². The molecule has 10 nitrogen and oxygen atoms in total. The Morgan fingerprint density at radius 1 is 1.25 bits per heavy atom. The van der Waals surface area contributed by atoms with Crippen molar-refractivity contribution in [2.45, 2.75) is 26.0 Å². The molecule has 4 N–H and O–H groups in total. The standard InChI is InChI=1S/C18H21N5O5/c1-8(14(24)13-15(19)22(3)18(27)23(4)17(13)26)20-10-5-6-12-11(7-10)21-16(25)9(2)28-12/h5-9,20H,19H2,1-4H3,(H,21,25)/t8-,9+/m1/s1. The third-order valence-electron chi connectivity index (χ3n) is 4.64. The summed E-state index contributed by atoms with van der Waals surface area (Å²) in [6.07, 6.45) is -0.587. The van der Waals surface area contributed by atoms with Gasteiger partial charge in [-0.3, -0.25) is 23.5 Å². The van der Waals surface area contributed by atoms with Gasteiger partial charge in [-0.15, -0.1) is 0 Å². The first-order valence-corrected chi connectivity index (χ1v) is 8.59. The minimum Gasteiger partial charge on any atom is -0.479 e. The molecular formula is C18H21N5O5. The summed E-state index contributed by atoms with van der Waals surface area (Å²) in [5.74, 6) is -0.491. The van der Waals surface area contributed by atoms with Crippen LogP contribution < -0.4 is 32.4 Å². The van der Waals surface area contributed by atoms with E-state index in [4.69, 9.17) is 10.5 Å². The van der Waals surface area contributed by atoms with Crippen LogP contribution in [-0.4, -0.2) is 33.0 Å². The van der Waals surface area contributed by atoms with E-state index in [1.165, 1.54) is 14.1 Å². The number of Topliss-reactive ketones (excluding diaryl/α,β-unsaturated/α-hetero) is 1. The molecule has 3 rings (SSSR count). The number of rotatable bonds is 4. The van der Waals surface area contributed by atoms with Gasteiger partial charge in [-0.1, -0.05) is 0 Å². The minimum atomic E-state index is -0.815. The average Bonchev–Trinajstić information content (AvgIpc) is 2.66. The molecule has 28 heavy (non-hydrogen) atoms. The van der Waals surface area contributed by atoms with Crippen LogP contribution in [0, 0.1) is 0 Å². The Labute approximate surface area is 159 Å². The van der Waals surface area contributed by atoms with Crippen LogP contribution in [0.25, 0.3) is 0 Å². The predicted molar refractivity (Wildman–Crippen MR) is 104 cm³/mol. The van der Waals surface area contributed by atoms with E-state index in [1.807, 2.05) is 0 Å². The second-order valence-corrected chi connectivity index (χ2v) is 6.66. The van der Waals surface area contributed by atoms with E-state index < -0.39 is 29.2 Å². The number of hydrogen-bond donors (Lipinski definition) is 3. The van der Waals surface area contributed by atoms with Crippen molar-refractivity contribution < 1.29 is 14.3 Å². The van der Waals surface area contributed by atoms with Gasteiger partial charge in [0.1, 0.15) is 17.1 Å². The van der Waals surface area contributed by atoms with E-state index in [0.717, 1.165) is 9.13 Å². The maximum Gasteiger partial charge on any atom is 0.332 e. The number of anilines is 3. The highest BCUT2D eigenvalue weighted by molar-refractivity contribution is 6.04. The number of fused-ring (bicyclic) bond motifs is 1. The quantitative estimate of drug-likeness (QED) is 0.631. The van der Waals surface area contributed by atoms with Crippen LogP contribution in [0.3, 0.4) is 0 Å². The van der Waals surface area contributed by atoms with Crippen LogP contribution in [-0.2, 0) is 18.9 Å². The number of hydrogen-bond acceptors (Lipinski definition) is 7. The van der Waals surface area contributed by atoms with Crippen molar-refractivity contribution in [1.29, 1.82) is 0 Å².